The number of carbonyl (C=O) groups is 1. The summed E-state index contributed by atoms with van der Waals surface area (Å²) in [5, 5.41) is 7.81. The van der Waals surface area contributed by atoms with Crippen LogP contribution in [0.1, 0.15) is 10.4 Å². The van der Waals surface area contributed by atoms with E-state index in [0.717, 1.165) is 17.8 Å². The molecule has 140 valence electrons. The van der Waals surface area contributed by atoms with Crippen LogP contribution < -0.4 is 9.47 Å². The Kier molecular flexibility index (Phi) is 5.98. The van der Waals surface area contributed by atoms with Crippen molar-refractivity contribution in [1.29, 1.82) is 0 Å². The number of ketones is 1. The zero-order chi connectivity index (χ0) is 19.4. The highest BCUT2D eigenvalue weighted by atomic mass is 35.5. The summed E-state index contributed by atoms with van der Waals surface area (Å²) in [6.45, 7) is 0. The predicted molar refractivity (Wildman–Crippen MR) is 101 cm³/mol. The van der Waals surface area contributed by atoms with E-state index in [0.29, 0.717) is 27.3 Å². The van der Waals surface area contributed by atoms with Gasteiger partial charge in [-0.1, -0.05) is 23.4 Å². The van der Waals surface area contributed by atoms with Crippen LogP contribution in [0.2, 0.25) is 5.02 Å². The van der Waals surface area contributed by atoms with Gasteiger partial charge in [0, 0.05) is 10.6 Å². The standard InChI is InChI=1S/C18H15ClFN3O3S/c1-25-15-6-4-11(19)8-12(15)17-21-18(23-22-17)27-9-14(24)10-3-5-16(26-2)13(20)7-10/h3-8H,9H2,1-2H3,(H,21,22,23). The molecule has 0 unspecified atom stereocenters. The van der Waals surface area contributed by atoms with Gasteiger partial charge < -0.3 is 9.47 Å². The largest absolute Gasteiger partial charge is 0.496 e. The zero-order valence-corrected chi connectivity index (χ0v) is 16.0. The van der Waals surface area contributed by atoms with E-state index >= 15 is 0 Å². The summed E-state index contributed by atoms with van der Waals surface area (Å²) >= 11 is 7.17. The second kappa shape index (κ2) is 8.41. The van der Waals surface area contributed by atoms with Crippen molar-refractivity contribution >= 4 is 29.1 Å². The number of ether oxygens (including phenoxy) is 2. The molecule has 0 saturated carbocycles. The van der Waals surface area contributed by atoms with E-state index in [9.17, 15) is 9.18 Å². The summed E-state index contributed by atoms with van der Waals surface area (Å²) in [7, 11) is 2.91. The van der Waals surface area contributed by atoms with Crippen LogP contribution in [0.15, 0.2) is 41.6 Å². The summed E-state index contributed by atoms with van der Waals surface area (Å²) in [4.78, 5) is 16.6. The summed E-state index contributed by atoms with van der Waals surface area (Å²) in [6.07, 6.45) is 0. The minimum absolute atomic E-state index is 0.0652. The van der Waals surface area contributed by atoms with Crippen molar-refractivity contribution in [2.75, 3.05) is 20.0 Å². The van der Waals surface area contributed by atoms with E-state index in [-0.39, 0.29) is 22.8 Å². The molecule has 1 aromatic heterocycles. The first kappa shape index (κ1) is 19.2. The quantitative estimate of drug-likeness (QED) is 0.466. The van der Waals surface area contributed by atoms with Crippen LogP contribution in [-0.4, -0.2) is 40.9 Å². The van der Waals surface area contributed by atoms with Crippen LogP contribution in [0, 0.1) is 5.82 Å². The van der Waals surface area contributed by atoms with Crippen LogP contribution in [0.25, 0.3) is 11.4 Å². The van der Waals surface area contributed by atoms with Gasteiger partial charge in [-0.2, -0.15) is 0 Å². The molecule has 3 aromatic rings. The molecule has 0 bridgehead atoms. The fraction of sp³-hybridized carbons (Fsp3) is 0.167. The Morgan fingerprint density at radius 1 is 1.19 bits per heavy atom. The number of nitrogens with zero attached hydrogens (tertiary/aromatic N) is 2. The van der Waals surface area contributed by atoms with Crippen molar-refractivity contribution in [2.45, 2.75) is 5.16 Å². The van der Waals surface area contributed by atoms with Gasteiger partial charge in [-0.3, -0.25) is 9.89 Å². The van der Waals surface area contributed by atoms with E-state index < -0.39 is 5.82 Å². The Morgan fingerprint density at radius 3 is 2.63 bits per heavy atom. The van der Waals surface area contributed by atoms with E-state index in [1.165, 1.54) is 19.2 Å². The lowest BCUT2D eigenvalue weighted by atomic mass is 10.1. The van der Waals surface area contributed by atoms with Crippen molar-refractivity contribution < 1.29 is 18.7 Å². The molecule has 6 nitrogen and oxygen atoms in total. The summed E-state index contributed by atoms with van der Waals surface area (Å²) in [5.74, 6) is 0.398. The Morgan fingerprint density at radius 2 is 1.93 bits per heavy atom. The van der Waals surface area contributed by atoms with Crippen molar-refractivity contribution in [2.24, 2.45) is 0 Å². The maximum atomic E-state index is 13.7. The number of aromatic nitrogens is 3. The number of methoxy groups -OCH3 is 2. The van der Waals surface area contributed by atoms with Crippen molar-refractivity contribution in [3.8, 4) is 22.9 Å². The Labute approximate surface area is 164 Å². The number of rotatable bonds is 7. The van der Waals surface area contributed by atoms with Gasteiger partial charge in [0.15, 0.2) is 23.2 Å². The number of halogens is 2. The topological polar surface area (TPSA) is 77.1 Å². The molecule has 0 atom stereocenters. The highest BCUT2D eigenvalue weighted by molar-refractivity contribution is 7.99. The van der Waals surface area contributed by atoms with Gasteiger partial charge in [-0.25, -0.2) is 9.37 Å². The van der Waals surface area contributed by atoms with Gasteiger partial charge in [0.1, 0.15) is 5.75 Å². The fourth-order valence-corrected chi connectivity index (χ4v) is 3.21. The van der Waals surface area contributed by atoms with Crippen LogP contribution >= 0.6 is 23.4 Å². The molecule has 0 radical (unpaired) electrons. The summed E-state index contributed by atoms with van der Waals surface area (Å²) in [6, 6.07) is 9.24. The molecule has 0 aliphatic rings. The molecule has 0 fully saturated rings. The van der Waals surface area contributed by atoms with Gasteiger partial charge in [-0.05, 0) is 36.4 Å². The van der Waals surface area contributed by atoms with Crippen LogP contribution in [0.4, 0.5) is 4.39 Å². The number of hydrogen-bond acceptors (Lipinski definition) is 6. The molecule has 0 aliphatic carbocycles. The molecular weight excluding hydrogens is 393 g/mol. The first-order chi connectivity index (χ1) is 13.0. The lowest BCUT2D eigenvalue weighted by Crippen LogP contribution is -2.03. The highest BCUT2D eigenvalue weighted by Gasteiger charge is 2.15. The van der Waals surface area contributed by atoms with E-state index in [2.05, 4.69) is 15.2 Å². The minimum Gasteiger partial charge on any atom is -0.496 e. The summed E-state index contributed by atoms with van der Waals surface area (Å²) in [5.41, 5.74) is 0.918. The molecule has 9 heteroatoms. The monoisotopic (exact) mass is 407 g/mol. The fourth-order valence-electron chi connectivity index (χ4n) is 2.35. The van der Waals surface area contributed by atoms with Gasteiger partial charge in [-0.15, -0.1) is 5.10 Å². The van der Waals surface area contributed by atoms with Crippen molar-refractivity contribution in [3.63, 3.8) is 0 Å². The molecule has 0 amide bonds. The SMILES string of the molecule is COc1ccc(C(=O)CSc2n[nH]c(-c3cc(Cl)ccc3OC)n2)cc1F. The third-order valence-electron chi connectivity index (χ3n) is 3.69. The normalized spacial score (nSPS) is 10.7. The lowest BCUT2D eigenvalue weighted by Gasteiger charge is -2.05. The van der Waals surface area contributed by atoms with Gasteiger partial charge >= 0.3 is 0 Å². The molecule has 27 heavy (non-hydrogen) atoms. The molecule has 1 heterocycles. The third kappa shape index (κ3) is 4.40. The number of carbonyl (C=O) groups excluding carboxylic acids is 1. The summed E-state index contributed by atoms with van der Waals surface area (Å²) < 4.78 is 23.9. The molecule has 1 N–H and O–H groups in total. The highest BCUT2D eigenvalue weighted by Crippen LogP contribution is 2.31. The van der Waals surface area contributed by atoms with E-state index in [4.69, 9.17) is 21.1 Å². The zero-order valence-electron chi connectivity index (χ0n) is 14.5. The average molecular weight is 408 g/mol. The molecule has 0 spiro atoms. The third-order valence-corrected chi connectivity index (χ3v) is 4.77. The number of benzene rings is 2. The Hall–Kier alpha value is -2.58. The number of H-pyrrole nitrogens is 1. The number of nitrogens with one attached hydrogen (secondary N) is 1. The minimum atomic E-state index is -0.582. The van der Waals surface area contributed by atoms with Gasteiger partial charge in [0.25, 0.3) is 0 Å². The Balaban J connectivity index is 1.70. The maximum absolute atomic E-state index is 13.7. The Bertz CT molecular complexity index is 980. The molecule has 0 aliphatic heterocycles. The molecule has 2 aromatic carbocycles. The first-order valence-corrected chi connectivity index (χ1v) is 9.14. The van der Waals surface area contributed by atoms with E-state index in [1.807, 2.05) is 0 Å². The lowest BCUT2D eigenvalue weighted by molar-refractivity contribution is 0.102. The number of Topliss-reactive ketones (excluding diaryl/α,β-unsaturated/α-hetero) is 1. The van der Waals surface area contributed by atoms with Crippen LogP contribution in [0.5, 0.6) is 11.5 Å². The number of aromatic amines is 1. The first-order valence-electron chi connectivity index (χ1n) is 7.77. The smallest absolute Gasteiger partial charge is 0.209 e. The molecule has 0 saturated heterocycles. The van der Waals surface area contributed by atoms with Crippen molar-refractivity contribution in [3.05, 3.63) is 52.8 Å². The van der Waals surface area contributed by atoms with Gasteiger partial charge in [0.05, 0.1) is 25.5 Å². The van der Waals surface area contributed by atoms with Crippen LogP contribution in [-0.2, 0) is 0 Å². The molecule has 3 rings (SSSR count). The average Bonchev–Trinajstić information content (AvgIpc) is 3.15. The number of thioether (sulfide) groups is 1. The van der Waals surface area contributed by atoms with Crippen LogP contribution in [0.3, 0.4) is 0 Å². The van der Waals surface area contributed by atoms with Crippen molar-refractivity contribution in [1.82, 2.24) is 15.2 Å². The predicted octanol–water partition coefficient (Wildman–Crippen LogP) is 4.26. The number of hydrogen-bond donors (Lipinski definition) is 1. The van der Waals surface area contributed by atoms with E-state index in [1.54, 1.807) is 25.3 Å². The van der Waals surface area contributed by atoms with Gasteiger partial charge in [0.2, 0.25) is 5.16 Å². The maximum Gasteiger partial charge on any atom is 0.209 e. The second-order valence-corrected chi connectivity index (χ2v) is 6.75. The molecular formula is C18H15ClFN3O3S. The second-order valence-electron chi connectivity index (χ2n) is 5.37.